The summed E-state index contributed by atoms with van der Waals surface area (Å²) in [5.41, 5.74) is 1.89. The molecule has 112 valence electrons. The molecule has 0 aliphatic heterocycles. The van der Waals surface area contributed by atoms with E-state index in [9.17, 15) is 4.39 Å². The SMILES string of the molecule is COCCN(Cc1ccc2cc(F)ccc2n1)CC1CC1. The van der Waals surface area contributed by atoms with Crippen LogP contribution in [0.15, 0.2) is 30.3 Å². The second-order valence-corrected chi connectivity index (χ2v) is 5.81. The monoisotopic (exact) mass is 288 g/mol. The molecule has 0 radical (unpaired) electrons. The van der Waals surface area contributed by atoms with Gasteiger partial charge in [-0.05, 0) is 43.0 Å². The first-order valence-corrected chi connectivity index (χ1v) is 7.51. The van der Waals surface area contributed by atoms with Gasteiger partial charge in [0.25, 0.3) is 0 Å². The topological polar surface area (TPSA) is 25.4 Å². The summed E-state index contributed by atoms with van der Waals surface area (Å²) in [7, 11) is 1.73. The highest BCUT2D eigenvalue weighted by molar-refractivity contribution is 5.78. The Morgan fingerprint density at radius 2 is 2.14 bits per heavy atom. The van der Waals surface area contributed by atoms with E-state index >= 15 is 0 Å². The molecule has 2 aromatic rings. The van der Waals surface area contributed by atoms with Gasteiger partial charge in [0.1, 0.15) is 5.82 Å². The number of hydrogen-bond donors (Lipinski definition) is 0. The molecule has 1 aliphatic carbocycles. The minimum atomic E-state index is -0.215. The molecule has 1 saturated carbocycles. The highest BCUT2D eigenvalue weighted by atomic mass is 19.1. The molecular weight excluding hydrogens is 267 g/mol. The van der Waals surface area contributed by atoms with Gasteiger partial charge in [0.05, 0.1) is 17.8 Å². The van der Waals surface area contributed by atoms with E-state index in [2.05, 4.69) is 9.88 Å². The van der Waals surface area contributed by atoms with Gasteiger partial charge in [0.2, 0.25) is 0 Å². The van der Waals surface area contributed by atoms with Crippen molar-refractivity contribution < 1.29 is 9.13 Å². The van der Waals surface area contributed by atoms with Crippen LogP contribution in [0, 0.1) is 11.7 Å². The number of aromatic nitrogens is 1. The molecule has 0 bridgehead atoms. The molecule has 1 fully saturated rings. The van der Waals surface area contributed by atoms with Crippen molar-refractivity contribution in [2.45, 2.75) is 19.4 Å². The first-order valence-electron chi connectivity index (χ1n) is 7.51. The van der Waals surface area contributed by atoms with Crippen molar-refractivity contribution in [2.75, 3.05) is 26.8 Å². The number of ether oxygens (including phenoxy) is 1. The summed E-state index contributed by atoms with van der Waals surface area (Å²) in [6.45, 7) is 3.61. The molecule has 0 spiro atoms. The van der Waals surface area contributed by atoms with E-state index in [1.807, 2.05) is 12.1 Å². The van der Waals surface area contributed by atoms with E-state index in [1.165, 1.54) is 25.0 Å². The van der Waals surface area contributed by atoms with E-state index in [4.69, 9.17) is 4.74 Å². The first kappa shape index (κ1) is 14.4. The van der Waals surface area contributed by atoms with Crippen molar-refractivity contribution in [3.63, 3.8) is 0 Å². The van der Waals surface area contributed by atoms with Crippen LogP contribution in [0.4, 0.5) is 4.39 Å². The van der Waals surface area contributed by atoms with Crippen molar-refractivity contribution in [3.05, 3.63) is 41.8 Å². The Bertz CT molecular complexity index is 613. The van der Waals surface area contributed by atoms with Gasteiger partial charge < -0.3 is 4.74 Å². The molecule has 4 heteroatoms. The van der Waals surface area contributed by atoms with Crippen LogP contribution in [0.1, 0.15) is 18.5 Å². The second-order valence-electron chi connectivity index (χ2n) is 5.81. The lowest BCUT2D eigenvalue weighted by molar-refractivity contribution is 0.140. The number of pyridine rings is 1. The zero-order valence-corrected chi connectivity index (χ0v) is 12.4. The number of benzene rings is 1. The van der Waals surface area contributed by atoms with Crippen LogP contribution < -0.4 is 0 Å². The Labute approximate surface area is 124 Å². The average molecular weight is 288 g/mol. The zero-order chi connectivity index (χ0) is 14.7. The van der Waals surface area contributed by atoms with E-state index in [0.717, 1.165) is 48.8 Å². The lowest BCUT2D eigenvalue weighted by Gasteiger charge is -2.21. The first-order chi connectivity index (χ1) is 10.2. The third kappa shape index (κ3) is 3.99. The minimum Gasteiger partial charge on any atom is -0.383 e. The third-order valence-electron chi connectivity index (χ3n) is 3.92. The number of methoxy groups -OCH3 is 1. The van der Waals surface area contributed by atoms with Crippen molar-refractivity contribution >= 4 is 10.9 Å². The maximum atomic E-state index is 13.2. The molecule has 1 aromatic heterocycles. The quantitative estimate of drug-likeness (QED) is 0.782. The van der Waals surface area contributed by atoms with Crippen LogP contribution in [0.2, 0.25) is 0 Å². The van der Waals surface area contributed by atoms with E-state index in [0.29, 0.717) is 0 Å². The summed E-state index contributed by atoms with van der Waals surface area (Å²) in [6.07, 6.45) is 2.68. The van der Waals surface area contributed by atoms with Gasteiger partial charge >= 0.3 is 0 Å². The standard InChI is InChI=1S/C17H21FN2O/c1-21-9-8-20(11-13-2-3-13)12-16-6-4-14-10-15(18)5-7-17(14)19-16/h4-7,10,13H,2-3,8-9,11-12H2,1H3. The molecule has 0 atom stereocenters. The number of hydrogen-bond acceptors (Lipinski definition) is 3. The smallest absolute Gasteiger partial charge is 0.123 e. The maximum absolute atomic E-state index is 13.2. The van der Waals surface area contributed by atoms with Gasteiger partial charge in [-0.3, -0.25) is 9.88 Å². The summed E-state index contributed by atoms with van der Waals surface area (Å²) in [5.74, 6) is 0.629. The third-order valence-corrected chi connectivity index (χ3v) is 3.92. The molecule has 0 unspecified atom stereocenters. The Balaban J connectivity index is 1.72. The Morgan fingerprint density at radius 3 is 2.90 bits per heavy atom. The summed E-state index contributed by atoms with van der Waals surface area (Å²) < 4.78 is 18.4. The number of rotatable bonds is 7. The Hall–Kier alpha value is -1.52. The minimum absolute atomic E-state index is 0.215. The summed E-state index contributed by atoms with van der Waals surface area (Å²) in [5, 5.41) is 0.851. The zero-order valence-electron chi connectivity index (χ0n) is 12.4. The Morgan fingerprint density at radius 1 is 1.29 bits per heavy atom. The average Bonchev–Trinajstić information content (AvgIpc) is 3.29. The van der Waals surface area contributed by atoms with Crippen molar-refractivity contribution in [1.82, 2.24) is 9.88 Å². The molecule has 0 amide bonds. The van der Waals surface area contributed by atoms with Crippen molar-refractivity contribution in [3.8, 4) is 0 Å². The Kier molecular flexibility index (Phi) is 4.46. The van der Waals surface area contributed by atoms with Crippen LogP contribution in [-0.4, -0.2) is 36.7 Å². The highest BCUT2D eigenvalue weighted by Gasteiger charge is 2.24. The fourth-order valence-electron chi connectivity index (χ4n) is 2.58. The lowest BCUT2D eigenvalue weighted by Crippen LogP contribution is -2.29. The van der Waals surface area contributed by atoms with Gasteiger partial charge in [-0.2, -0.15) is 0 Å². The molecule has 0 saturated heterocycles. The van der Waals surface area contributed by atoms with Gasteiger partial charge in [-0.25, -0.2) is 4.39 Å². The van der Waals surface area contributed by atoms with E-state index < -0.39 is 0 Å². The maximum Gasteiger partial charge on any atom is 0.123 e. The molecule has 1 heterocycles. The molecular formula is C17H21FN2O. The van der Waals surface area contributed by atoms with Gasteiger partial charge in [-0.1, -0.05) is 6.07 Å². The van der Waals surface area contributed by atoms with E-state index in [1.54, 1.807) is 13.2 Å². The van der Waals surface area contributed by atoms with Gasteiger partial charge in [0.15, 0.2) is 0 Å². The second kappa shape index (κ2) is 6.50. The number of fused-ring (bicyclic) bond motifs is 1. The molecule has 1 aromatic carbocycles. The van der Waals surface area contributed by atoms with Crippen LogP contribution >= 0.6 is 0 Å². The van der Waals surface area contributed by atoms with Gasteiger partial charge in [0, 0.05) is 32.1 Å². The van der Waals surface area contributed by atoms with Gasteiger partial charge in [-0.15, -0.1) is 0 Å². The summed E-state index contributed by atoms with van der Waals surface area (Å²) >= 11 is 0. The number of nitrogens with zero attached hydrogens (tertiary/aromatic N) is 2. The largest absolute Gasteiger partial charge is 0.383 e. The van der Waals surface area contributed by atoms with Crippen LogP contribution in [0.3, 0.4) is 0 Å². The van der Waals surface area contributed by atoms with E-state index in [-0.39, 0.29) is 5.82 Å². The van der Waals surface area contributed by atoms with Crippen molar-refractivity contribution in [1.29, 1.82) is 0 Å². The fraction of sp³-hybridized carbons (Fsp3) is 0.471. The molecule has 3 rings (SSSR count). The highest BCUT2D eigenvalue weighted by Crippen LogP contribution is 2.30. The molecule has 3 nitrogen and oxygen atoms in total. The normalized spacial score (nSPS) is 15.0. The van der Waals surface area contributed by atoms with Crippen molar-refractivity contribution in [2.24, 2.45) is 5.92 Å². The van der Waals surface area contributed by atoms with Crippen LogP contribution in [-0.2, 0) is 11.3 Å². The molecule has 21 heavy (non-hydrogen) atoms. The molecule has 0 N–H and O–H groups in total. The predicted molar refractivity (Wildman–Crippen MR) is 81.6 cm³/mol. The lowest BCUT2D eigenvalue weighted by atomic mass is 10.2. The summed E-state index contributed by atoms with van der Waals surface area (Å²) in [4.78, 5) is 7.04. The summed E-state index contributed by atoms with van der Waals surface area (Å²) in [6, 6.07) is 8.68. The fourth-order valence-corrected chi connectivity index (χ4v) is 2.58. The number of halogens is 1. The molecule has 1 aliphatic rings. The van der Waals surface area contributed by atoms with Crippen LogP contribution in [0.5, 0.6) is 0 Å². The predicted octanol–water partition coefficient (Wildman–Crippen LogP) is 3.23. The van der Waals surface area contributed by atoms with Crippen LogP contribution in [0.25, 0.3) is 10.9 Å².